The summed E-state index contributed by atoms with van der Waals surface area (Å²) in [6.07, 6.45) is 17.9. The standard InChI is InChI=1S/C32H57N5O5/c1-6-7-8-9-10-13-16-19-22-36(26(2)38)24-28(42-27(3)39)21-18-15-12-11-14-17-20-23-37-25-34(4)29-30(40)33-32(41)35(5)31(29)37/h28H,6-25H2,1-5H3,(H,33,40,41). The summed E-state index contributed by atoms with van der Waals surface area (Å²) >= 11 is 0. The Morgan fingerprint density at radius 1 is 0.857 bits per heavy atom. The van der Waals surface area contributed by atoms with E-state index in [0.717, 1.165) is 77.3 Å². The molecule has 1 unspecified atom stereocenters. The van der Waals surface area contributed by atoms with Gasteiger partial charge >= 0.3 is 11.7 Å². The number of hydrogen-bond donors (Lipinski definition) is 1. The molecule has 240 valence electrons. The lowest BCUT2D eigenvalue weighted by atomic mass is 10.1. The van der Waals surface area contributed by atoms with E-state index in [0.29, 0.717) is 24.7 Å². The third-order valence-electron chi connectivity index (χ3n) is 8.27. The number of esters is 1. The maximum atomic E-state index is 12.3. The fourth-order valence-corrected chi connectivity index (χ4v) is 5.91. The maximum absolute atomic E-state index is 12.3. The number of H-pyrrole nitrogens is 1. The summed E-state index contributed by atoms with van der Waals surface area (Å²) in [7, 11) is 3.57. The minimum Gasteiger partial charge on any atom is -0.461 e. The van der Waals surface area contributed by atoms with Crippen molar-refractivity contribution in [2.75, 3.05) is 43.2 Å². The van der Waals surface area contributed by atoms with Crippen molar-refractivity contribution in [2.45, 2.75) is 130 Å². The predicted octanol–water partition coefficient (Wildman–Crippen LogP) is 5.33. The quantitative estimate of drug-likeness (QED) is 0.143. The number of rotatable bonds is 22. The Bertz CT molecular complexity index is 1070. The van der Waals surface area contributed by atoms with Gasteiger partial charge < -0.3 is 19.4 Å². The molecular formula is C32H57N5O5. The Hall–Kier alpha value is -2.78. The van der Waals surface area contributed by atoms with Crippen LogP contribution in [0.15, 0.2) is 9.59 Å². The second kappa shape index (κ2) is 19.4. The zero-order valence-electron chi connectivity index (χ0n) is 27.0. The van der Waals surface area contributed by atoms with Crippen LogP contribution in [0.2, 0.25) is 0 Å². The van der Waals surface area contributed by atoms with Crippen LogP contribution in [0.25, 0.3) is 0 Å². The average molecular weight is 592 g/mol. The molecule has 0 bridgehead atoms. The first-order chi connectivity index (χ1) is 20.1. The molecule has 0 radical (unpaired) electrons. The van der Waals surface area contributed by atoms with E-state index in [1.165, 1.54) is 50.0 Å². The van der Waals surface area contributed by atoms with Crippen LogP contribution in [-0.4, -0.2) is 65.8 Å². The van der Waals surface area contributed by atoms with Crippen molar-refractivity contribution in [1.29, 1.82) is 0 Å². The lowest BCUT2D eigenvalue weighted by Gasteiger charge is -2.26. The Morgan fingerprint density at radius 2 is 1.43 bits per heavy atom. The number of carbonyl (C=O) groups is 2. The SMILES string of the molecule is CCCCCCCCCCN(CC(CCCCCCCCCN1CN(C)c2c1n(C)c(=O)[nH]c2=O)OC(C)=O)C(C)=O. The smallest absolute Gasteiger partial charge is 0.329 e. The molecule has 1 aromatic rings. The molecule has 10 nitrogen and oxygen atoms in total. The van der Waals surface area contributed by atoms with Gasteiger partial charge in [0.05, 0.1) is 13.2 Å². The van der Waals surface area contributed by atoms with Crippen molar-refractivity contribution in [3.63, 3.8) is 0 Å². The van der Waals surface area contributed by atoms with E-state index in [-0.39, 0.29) is 29.2 Å². The van der Waals surface area contributed by atoms with Crippen LogP contribution in [0, 0.1) is 0 Å². The summed E-state index contributed by atoms with van der Waals surface area (Å²) in [5, 5.41) is 0. The largest absolute Gasteiger partial charge is 0.461 e. The number of aromatic amines is 1. The van der Waals surface area contributed by atoms with Gasteiger partial charge in [-0.25, -0.2) is 4.79 Å². The highest BCUT2D eigenvalue weighted by Gasteiger charge is 2.29. The number of amides is 1. The van der Waals surface area contributed by atoms with Gasteiger partial charge in [-0.1, -0.05) is 84.0 Å². The molecule has 1 N–H and O–H groups in total. The summed E-state index contributed by atoms with van der Waals surface area (Å²) in [5.74, 6) is 0.468. The van der Waals surface area contributed by atoms with Crippen LogP contribution < -0.4 is 21.0 Å². The molecule has 10 heteroatoms. The van der Waals surface area contributed by atoms with Crippen LogP contribution in [0.1, 0.15) is 124 Å². The first kappa shape index (κ1) is 35.4. The van der Waals surface area contributed by atoms with Crippen LogP contribution in [-0.2, 0) is 21.4 Å². The fraction of sp³-hybridized carbons (Fsp3) is 0.812. The van der Waals surface area contributed by atoms with E-state index < -0.39 is 0 Å². The monoisotopic (exact) mass is 591 g/mol. The zero-order valence-corrected chi connectivity index (χ0v) is 27.0. The molecular weight excluding hydrogens is 534 g/mol. The van der Waals surface area contributed by atoms with Gasteiger partial charge in [0.1, 0.15) is 17.6 Å². The number of unbranched alkanes of at least 4 members (excludes halogenated alkanes) is 13. The Balaban J connectivity index is 1.63. The first-order valence-corrected chi connectivity index (χ1v) is 16.4. The zero-order chi connectivity index (χ0) is 30.9. The van der Waals surface area contributed by atoms with E-state index in [9.17, 15) is 19.2 Å². The predicted molar refractivity (Wildman–Crippen MR) is 170 cm³/mol. The highest BCUT2D eigenvalue weighted by Crippen LogP contribution is 2.29. The number of ether oxygens (including phenoxy) is 1. The normalized spacial score (nSPS) is 13.4. The summed E-state index contributed by atoms with van der Waals surface area (Å²) in [4.78, 5) is 56.5. The van der Waals surface area contributed by atoms with Crippen molar-refractivity contribution >= 4 is 23.4 Å². The van der Waals surface area contributed by atoms with Crippen LogP contribution >= 0.6 is 0 Å². The number of hydrogen-bond acceptors (Lipinski definition) is 7. The summed E-state index contributed by atoms with van der Waals surface area (Å²) < 4.78 is 7.12. The number of nitrogens with zero attached hydrogens (tertiary/aromatic N) is 4. The molecule has 0 aromatic carbocycles. The van der Waals surface area contributed by atoms with Gasteiger partial charge in [0.25, 0.3) is 5.56 Å². The van der Waals surface area contributed by atoms with E-state index >= 15 is 0 Å². The van der Waals surface area contributed by atoms with Crippen molar-refractivity contribution in [3.05, 3.63) is 20.8 Å². The third-order valence-corrected chi connectivity index (χ3v) is 8.27. The number of fused-ring (bicyclic) bond motifs is 1. The highest BCUT2D eigenvalue weighted by atomic mass is 16.5. The van der Waals surface area contributed by atoms with Crippen molar-refractivity contribution in [2.24, 2.45) is 7.05 Å². The lowest BCUT2D eigenvalue weighted by molar-refractivity contribution is -0.149. The minimum atomic E-state index is -0.382. The molecule has 2 rings (SSSR count). The highest BCUT2D eigenvalue weighted by molar-refractivity contribution is 5.73. The van der Waals surface area contributed by atoms with Gasteiger partial charge in [-0.15, -0.1) is 0 Å². The topological polar surface area (TPSA) is 108 Å². The van der Waals surface area contributed by atoms with E-state index in [1.54, 1.807) is 14.0 Å². The Morgan fingerprint density at radius 3 is 2.02 bits per heavy atom. The summed E-state index contributed by atoms with van der Waals surface area (Å²) in [6.45, 7) is 7.92. The number of anilines is 2. The van der Waals surface area contributed by atoms with Crippen LogP contribution in [0.3, 0.4) is 0 Å². The molecule has 2 heterocycles. The number of carbonyl (C=O) groups excluding carboxylic acids is 2. The van der Waals surface area contributed by atoms with E-state index in [2.05, 4.69) is 16.8 Å². The van der Waals surface area contributed by atoms with Crippen molar-refractivity contribution < 1.29 is 14.3 Å². The number of aromatic nitrogens is 2. The molecule has 1 amide bonds. The molecule has 1 atom stereocenters. The third kappa shape index (κ3) is 12.2. The van der Waals surface area contributed by atoms with Gasteiger partial charge in [0.2, 0.25) is 5.91 Å². The van der Waals surface area contributed by atoms with Gasteiger partial charge in [-0.05, 0) is 25.7 Å². The average Bonchev–Trinajstić information content (AvgIpc) is 3.27. The van der Waals surface area contributed by atoms with E-state index in [1.807, 2.05) is 16.8 Å². The minimum absolute atomic E-state index is 0.0492. The van der Waals surface area contributed by atoms with Gasteiger partial charge in [0, 0.05) is 41.0 Å². The second-order valence-corrected chi connectivity index (χ2v) is 12.0. The van der Waals surface area contributed by atoms with Gasteiger partial charge in [-0.3, -0.25) is 23.9 Å². The molecule has 0 fully saturated rings. The number of nitrogens with one attached hydrogen (secondary N) is 1. The molecule has 0 saturated carbocycles. The van der Waals surface area contributed by atoms with Crippen molar-refractivity contribution in [3.8, 4) is 0 Å². The Kier molecular flexibility index (Phi) is 16.4. The van der Waals surface area contributed by atoms with Crippen LogP contribution in [0.5, 0.6) is 0 Å². The van der Waals surface area contributed by atoms with Crippen molar-refractivity contribution in [1.82, 2.24) is 14.5 Å². The van der Waals surface area contributed by atoms with Gasteiger partial charge in [-0.2, -0.15) is 0 Å². The molecule has 1 aliphatic rings. The van der Waals surface area contributed by atoms with Gasteiger partial charge in [0.15, 0.2) is 0 Å². The molecule has 1 aliphatic heterocycles. The lowest BCUT2D eigenvalue weighted by Crippen LogP contribution is -2.38. The second-order valence-electron chi connectivity index (χ2n) is 12.0. The fourth-order valence-electron chi connectivity index (χ4n) is 5.91. The molecule has 0 saturated heterocycles. The van der Waals surface area contributed by atoms with Crippen LogP contribution in [0.4, 0.5) is 11.5 Å². The Labute approximate surface area is 252 Å². The first-order valence-electron chi connectivity index (χ1n) is 16.4. The molecule has 42 heavy (non-hydrogen) atoms. The summed E-state index contributed by atoms with van der Waals surface area (Å²) in [6, 6.07) is 0. The molecule has 1 aromatic heterocycles. The maximum Gasteiger partial charge on any atom is 0.329 e. The molecule has 0 aliphatic carbocycles. The molecule has 0 spiro atoms. The van der Waals surface area contributed by atoms with E-state index in [4.69, 9.17) is 4.74 Å². The summed E-state index contributed by atoms with van der Waals surface area (Å²) in [5.41, 5.74) is -0.150.